The average molecular weight is 429 g/mol. The summed E-state index contributed by atoms with van der Waals surface area (Å²) in [5.74, 6) is 1.15. The zero-order chi connectivity index (χ0) is 22.1. The highest BCUT2D eigenvalue weighted by Crippen LogP contribution is 2.25. The van der Waals surface area contributed by atoms with Gasteiger partial charge < -0.3 is 20.1 Å². The van der Waals surface area contributed by atoms with Crippen LogP contribution in [-0.4, -0.2) is 36.5 Å². The summed E-state index contributed by atoms with van der Waals surface area (Å²) in [6, 6.07) is 14.8. The number of ether oxygens (including phenoxy) is 2. The molecule has 31 heavy (non-hydrogen) atoms. The molecule has 9 heteroatoms. The van der Waals surface area contributed by atoms with E-state index in [0.29, 0.717) is 30.4 Å². The third kappa shape index (κ3) is 6.70. The summed E-state index contributed by atoms with van der Waals surface area (Å²) >= 11 is 0. The maximum absolute atomic E-state index is 12.7. The molecule has 2 N–H and O–H groups in total. The molecular formula is C22H25F2N5O2. The lowest BCUT2D eigenvalue weighted by Crippen LogP contribution is -2.36. The number of nitrogens with one attached hydrogen (secondary N) is 2. The Bertz CT molecular complexity index is 993. The number of aromatic nitrogens is 2. The molecule has 1 heterocycles. The van der Waals surface area contributed by atoms with E-state index < -0.39 is 6.61 Å². The number of guanidine groups is 1. The van der Waals surface area contributed by atoms with Gasteiger partial charge in [0.05, 0.1) is 19.9 Å². The minimum Gasteiger partial charge on any atom is -0.497 e. The molecule has 3 aromatic rings. The van der Waals surface area contributed by atoms with E-state index in [-0.39, 0.29) is 12.3 Å². The van der Waals surface area contributed by atoms with Crippen molar-refractivity contribution in [2.75, 3.05) is 14.2 Å². The van der Waals surface area contributed by atoms with Gasteiger partial charge in [-0.05, 0) is 23.8 Å². The third-order valence-corrected chi connectivity index (χ3v) is 4.49. The minimum atomic E-state index is -2.91. The van der Waals surface area contributed by atoms with Crippen molar-refractivity contribution in [2.45, 2.75) is 26.2 Å². The van der Waals surface area contributed by atoms with Gasteiger partial charge in [-0.1, -0.05) is 30.3 Å². The zero-order valence-corrected chi connectivity index (χ0v) is 17.4. The summed E-state index contributed by atoms with van der Waals surface area (Å²) in [6.45, 7) is -1.48. The van der Waals surface area contributed by atoms with Gasteiger partial charge in [0, 0.05) is 37.5 Å². The Morgan fingerprint density at radius 1 is 1.10 bits per heavy atom. The highest BCUT2D eigenvalue weighted by molar-refractivity contribution is 5.79. The predicted molar refractivity (Wildman–Crippen MR) is 114 cm³/mol. The van der Waals surface area contributed by atoms with Gasteiger partial charge in [0.2, 0.25) is 0 Å². The minimum absolute atomic E-state index is 0.0842. The molecule has 0 unspecified atom stereocenters. The molecular weight excluding hydrogens is 404 g/mol. The van der Waals surface area contributed by atoms with E-state index in [1.165, 1.54) is 18.7 Å². The van der Waals surface area contributed by atoms with E-state index in [4.69, 9.17) is 4.74 Å². The Kier molecular flexibility index (Phi) is 7.80. The maximum Gasteiger partial charge on any atom is 0.387 e. The number of halogens is 2. The molecule has 0 bridgehead atoms. The van der Waals surface area contributed by atoms with Crippen LogP contribution in [0.4, 0.5) is 8.78 Å². The number of benzene rings is 2. The molecule has 0 aliphatic heterocycles. The number of aliphatic imine (C=N–C) groups is 1. The molecule has 0 amide bonds. The average Bonchev–Trinajstić information content (AvgIpc) is 3.22. The molecule has 0 spiro atoms. The summed E-state index contributed by atoms with van der Waals surface area (Å²) in [5.41, 5.74) is 2.68. The van der Waals surface area contributed by atoms with Crippen molar-refractivity contribution in [1.82, 2.24) is 20.4 Å². The van der Waals surface area contributed by atoms with E-state index in [9.17, 15) is 8.78 Å². The summed E-state index contributed by atoms with van der Waals surface area (Å²) in [5, 5.41) is 10.7. The number of alkyl halides is 2. The van der Waals surface area contributed by atoms with Gasteiger partial charge in [0.15, 0.2) is 5.96 Å². The number of nitrogens with zero attached hydrogens (tertiary/aromatic N) is 3. The number of hydrogen-bond acceptors (Lipinski definition) is 4. The SMILES string of the molecule is CN=C(NCc1cnn(Cc2ccccc2)c1)NCc1cc(OC)ccc1OC(F)F. The van der Waals surface area contributed by atoms with Crippen LogP contribution in [0.5, 0.6) is 11.5 Å². The lowest BCUT2D eigenvalue weighted by molar-refractivity contribution is -0.0504. The fraction of sp³-hybridized carbons (Fsp3) is 0.273. The first-order valence-electron chi connectivity index (χ1n) is 9.69. The molecule has 7 nitrogen and oxygen atoms in total. The Labute approximate surface area is 179 Å². The van der Waals surface area contributed by atoms with Crippen molar-refractivity contribution >= 4 is 5.96 Å². The number of rotatable bonds is 9. The Morgan fingerprint density at radius 2 is 1.87 bits per heavy atom. The molecule has 164 valence electrons. The maximum atomic E-state index is 12.7. The Morgan fingerprint density at radius 3 is 2.58 bits per heavy atom. The van der Waals surface area contributed by atoms with Crippen LogP contribution in [0.2, 0.25) is 0 Å². The van der Waals surface area contributed by atoms with E-state index in [1.54, 1.807) is 25.4 Å². The first-order chi connectivity index (χ1) is 15.1. The van der Waals surface area contributed by atoms with Crippen LogP contribution in [-0.2, 0) is 19.6 Å². The summed E-state index contributed by atoms with van der Waals surface area (Å²) < 4.78 is 37.0. The first kappa shape index (κ1) is 22.1. The second kappa shape index (κ2) is 11.0. The molecule has 0 saturated heterocycles. The third-order valence-electron chi connectivity index (χ3n) is 4.49. The van der Waals surface area contributed by atoms with Crippen molar-refractivity contribution in [3.63, 3.8) is 0 Å². The molecule has 1 aromatic heterocycles. The van der Waals surface area contributed by atoms with E-state index in [2.05, 4.69) is 37.6 Å². The molecule has 0 aliphatic rings. The normalized spacial score (nSPS) is 11.5. The van der Waals surface area contributed by atoms with Crippen molar-refractivity contribution in [3.8, 4) is 11.5 Å². The standard InChI is InChI=1S/C22H25F2N5O2/c1-25-22(27-13-18-10-19(30-2)8-9-20(18)31-21(23)24)26-11-17-12-28-29(15-17)14-16-6-4-3-5-7-16/h3-10,12,15,21H,11,13-14H2,1-2H3,(H2,25,26,27). The van der Waals surface area contributed by atoms with Gasteiger partial charge in [-0.25, -0.2) is 0 Å². The van der Waals surface area contributed by atoms with E-state index in [0.717, 1.165) is 5.56 Å². The molecule has 2 aromatic carbocycles. The molecule has 3 rings (SSSR count). The van der Waals surface area contributed by atoms with Crippen LogP contribution in [0.1, 0.15) is 16.7 Å². The van der Waals surface area contributed by atoms with Gasteiger partial charge in [0.1, 0.15) is 11.5 Å². The highest BCUT2D eigenvalue weighted by atomic mass is 19.3. The lowest BCUT2D eigenvalue weighted by atomic mass is 10.2. The predicted octanol–water partition coefficient (Wildman–Crippen LogP) is 3.41. The van der Waals surface area contributed by atoms with E-state index >= 15 is 0 Å². The van der Waals surface area contributed by atoms with Crippen LogP contribution >= 0.6 is 0 Å². The summed E-state index contributed by atoms with van der Waals surface area (Å²) in [7, 11) is 3.15. The lowest BCUT2D eigenvalue weighted by Gasteiger charge is -2.15. The van der Waals surface area contributed by atoms with Crippen LogP contribution < -0.4 is 20.1 Å². The first-order valence-corrected chi connectivity index (χ1v) is 9.69. The zero-order valence-electron chi connectivity index (χ0n) is 17.4. The fourth-order valence-electron chi connectivity index (χ4n) is 2.97. The smallest absolute Gasteiger partial charge is 0.387 e. The van der Waals surface area contributed by atoms with Gasteiger partial charge in [-0.3, -0.25) is 9.67 Å². The van der Waals surface area contributed by atoms with Gasteiger partial charge >= 0.3 is 6.61 Å². The highest BCUT2D eigenvalue weighted by Gasteiger charge is 2.12. The van der Waals surface area contributed by atoms with Crippen molar-refractivity contribution < 1.29 is 18.3 Å². The van der Waals surface area contributed by atoms with Gasteiger partial charge in [-0.2, -0.15) is 13.9 Å². The van der Waals surface area contributed by atoms with Crippen LogP contribution in [0.25, 0.3) is 0 Å². The molecule has 0 saturated carbocycles. The molecule has 0 aliphatic carbocycles. The van der Waals surface area contributed by atoms with E-state index in [1.807, 2.05) is 29.1 Å². The fourth-order valence-corrected chi connectivity index (χ4v) is 2.97. The van der Waals surface area contributed by atoms with Crippen LogP contribution in [0.15, 0.2) is 65.9 Å². The second-order valence-corrected chi connectivity index (χ2v) is 6.66. The van der Waals surface area contributed by atoms with Gasteiger partial charge in [0.25, 0.3) is 0 Å². The largest absolute Gasteiger partial charge is 0.497 e. The molecule has 0 radical (unpaired) electrons. The molecule has 0 fully saturated rings. The topological polar surface area (TPSA) is 72.7 Å². The van der Waals surface area contributed by atoms with Crippen molar-refractivity contribution in [3.05, 3.63) is 77.6 Å². The van der Waals surface area contributed by atoms with Crippen LogP contribution in [0.3, 0.4) is 0 Å². The number of methoxy groups -OCH3 is 1. The summed E-state index contributed by atoms with van der Waals surface area (Å²) in [4.78, 5) is 4.17. The molecule has 0 atom stereocenters. The quantitative estimate of drug-likeness (QED) is 0.403. The number of hydrogen-bond donors (Lipinski definition) is 2. The Hall–Kier alpha value is -3.62. The van der Waals surface area contributed by atoms with Crippen LogP contribution in [0, 0.1) is 0 Å². The van der Waals surface area contributed by atoms with Gasteiger partial charge in [-0.15, -0.1) is 0 Å². The summed E-state index contributed by atoms with van der Waals surface area (Å²) in [6.07, 6.45) is 3.75. The van der Waals surface area contributed by atoms with Crippen molar-refractivity contribution in [2.24, 2.45) is 4.99 Å². The monoisotopic (exact) mass is 429 g/mol. The second-order valence-electron chi connectivity index (χ2n) is 6.66. The van der Waals surface area contributed by atoms with Crippen molar-refractivity contribution in [1.29, 1.82) is 0 Å². The Balaban J connectivity index is 1.56.